The molecule has 8 heteroatoms. The largest absolute Gasteiger partial charge is 0.374 e. The van der Waals surface area contributed by atoms with Crippen LogP contribution in [-0.2, 0) is 19.1 Å². The van der Waals surface area contributed by atoms with E-state index in [0.29, 0.717) is 11.4 Å². The molecule has 0 radical (unpaired) electrons. The molecule has 0 saturated heterocycles. The van der Waals surface area contributed by atoms with Crippen molar-refractivity contribution in [2.24, 2.45) is 0 Å². The number of aryl methyl sites for hydroxylation is 1. The highest BCUT2D eigenvalue weighted by Crippen LogP contribution is 2.24. The van der Waals surface area contributed by atoms with Gasteiger partial charge in [0.2, 0.25) is 5.91 Å². The highest BCUT2D eigenvalue weighted by Gasteiger charge is 2.18. The third-order valence-corrected chi connectivity index (χ3v) is 4.57. The molecule has 0 fully saturated rings. The number of rotatable bonds is 6. The number of benzene rings is 1. The monoisotopic (exact) mass is 375 g/mol. The van der Waals surface area contributed by atoms with E-state index in [0.717, 1.165) is 9.75 Å². The number of thiophene rings is 1. The Balaban J connectivity index is 1.86. The molecule has 1 unspecified atom stereocenters. The van der Waals surface area contributed by atoms with Crippen LogP contribution in [-0.4, -0.2) is 31.4 Å². The highest BCUT2D eigenvalue weighted by atomic mass is 32.1. The molecule has 0 bridgehead atoms. The first-order valence-electron chi connectivity index (χ1n) is 7.95. The summed E-state index contributed by atoms with van der Waals surface area (Å²) in [6.07, 6.45) is -0.303. The molecule has 1 aromatic carbocycles. The van der Waals surface area contributed by atoms with Crippen molar-refractivity contribution in [3.05, 3.63) is 46.2 Å². The van der Waals surface area contributed by atoms with Gasteiger partial charge < -0.3 is 20.7 Å². The fourth-order valence-corrected chi connectivity index (χ4v) is 3.18. The summed E-state index contributed by atoms with van der Waals surface area (Å²) in [7, 11) is 1.56. The smallest absolute Gasteiger partial charge is 0.313 e. The van der Waals surface area contributed by atoms with Gasteiger partial charge in [0.1, 0.15) is 6.10 Å². The van der Waals surface area contributed by atoms with E-state index in [1.54, 1.807) is 42.7 Å². The van der Waals surface area contributed by atoms with Crippen LogP contribution in [0, 0.1) is 6.92 Å². The van der Waals surface area contributed by atoms with E-state index >= 15 is 0 Å². The van der Waals surface area contributed by atoms with Gasteiger partial charge >= 0.3 is 11.8 Å². The maximum absolute atomic E-state index is 12.0. The predicted molar refractivity (Wildman–Crippen MR) is 101 cm³/mol. The molecule has 3 amide bonds. The van der Waals surface area contributed by atoms with Crippen molar-refractivity contribution >= 4 is 40.4 Å². The van der Waals surface area contributed by atoms with Crippen molar-refractivity contribution in [2.45, 2.75) is 20.0 Å². The molecule has 2 aromatic rings. The number of anilines is 2. The summed E-state index contributed by atoms with van der Waals surface area (Å²) in [5.41, 5.74) is 1.06. The molecule has 138 valence electrons. The van der Waals surface area contributed by atoms with Gasteiger partial charge in [0, 0.05) is 41.7 Å². The summed E-state index contributed by atoms with van der Waals surface area (Å²) >= 11 is 1.58. The third kappa shape index (κ3) is 5.68. The van der Waals surface area contributed by atoms with Crippen LogP contribution in [0.3, 0.4) is 0 Å². The lowest BCUT2D eigenvalue weighted by atomic mass is 10.2. The number of carbonyl (C=O) groups is 3. The number of carbonyl (C=O) groups excluding carboxylic acids is 3. The van der Waals surface area contributed by atoms with Crippen molar-refractivity contribution in [3.8, 4) is 0 Å². The molecule has 26 heavy (non-hydrogen) atoms. The lowest BCUT2D eigenvalue weighted by Crippen LogP contribution is -2.37. The maximum Gasteiger partial charge on any atom is 0.313 e. The number of ether oxygens (including phenoxy) is 1. The van der Waals surface area contributed by atoms with Gasteiger partial charge in [0.05, 0.1) is 0 Å². The van der Waals surface area contributed by atoms with Crippen LogP contribution in [0.5, 0.6) is 0 Å². The Morgan fingerprint density at radius 1 is 1.00 bits per heavy atom. The molecule has 1 heterocycles. The molecule has 3 N–H and O–H groups in total. The quantitative estimate of drug-likeness (QED) is 0.676. The predicted octanol–water partition coefficient (Wildman–Crippen LogP) is 2.46. The Morgan fingerprint density at radius 2 is 1.62 bits per heavy atom. The number of nitrogens with one attached hydrogen (secondary N) is 3. The molecular formula is C18H21N3O4S. The summed E-state index contributed by atoms with van der Waals surface area (Å²) in [4.78, 5) is 37.1. The average Bonchev–Trinajstić information content (AvgIpc) is 3.02. The maximum atomic E-state index is 12.0. The Bertz CT molecular complexity index is 786. The van der Waals surface area contributed by atoms with Gasteiger partial charge in [-0.15, -0.1) is 11.3 Å². The second-order valence-corrected chi connectivity index (χ2v) is 6.91. The number of amides is 3. The van der Waals surface area contributed by atoms with Crippen molar-refractivity contribution < 1.29 is 19.1 Å². The zero-order chi connectivity index (χ0) is 19.1. The van der Waals surface area contributed by atoms with E-state index in [2.05, 4.69) is 16.0 Å². The first-order valence-corrected chi connectivity index (χ1v) is 8.76. The summed E-state index contributed by atoms with van der Waals surface area (Å²) in [6, 6.07) is 10.4. The zero-order valence-corrected chi connectivity index (χ0v) is 15.6. The molecule has 0 aliphatic heterocycles. The van der Waals surface area contributed by atoms with Gasteiger partial charge in [-0.2, -0.15) is 0 Å². The zero-order valence-electron chi connectivity index (χ0n) is 14.8. The van der Waals surface area contributed by atoms with Gasteiger partial charge in [-0.05, 0) is 43.3 Å². The normalized spacial score (nSPS) is 11.5. The molecule has 2 rings (SSSR count). The third-order valence-electron chi connectivity index (χ3n) is 3.48. The molecule has 0 aliphatic rings. The minimum Gasteiger partial charge on any atom is -0.374 e. The summed E-state index contributed by atoms with van der Waals surface area (Å²) in [5.74, 6) is -1.70. The minimum atomic E-state index is -0.769. The van der Waals surface area contributed by atoms with Gasteiger partial charge in [-0.1, -0.05) is 0 Å². The standard InChI is InChI=1S/C18H21N3O4S/c1-11-4-9-16(26-11)15(25-3)10-19-17(23)18(24)21-14-7-5-13(6-8-14)20-12(2)22/h4-9,15H,10H2,1-3H3,(H,19,23)(H,20,22)(H,21,24). The highest BCUT2D eigenvalue weighted by molar-refractivity contribution is 7.12. The Morgan fingerprint density at radius 3 is 2.12 bits per heavy atom. The molecule has 7 nitrogen and oxygen atoms in total. The van der Waals surface area contributed by atoms with E-state index in [1.165, 1.54) is 6.92 Å². The Labute approximate surface area is 155 Å². The second-order valence-electron chi connectivity index (χ2n) is 5.60. The lowest BCUT2D eigenvalue weighted by Gasteiger charge is -2.14. The molecule has 0 spiro atoms. The molecule has 0 saturated carbocycles. The van der Waals surface area contributed by atoms with E-state index in [9.17, 15) is 14.4 Å². The van der Waals surface area contributed by atoms with E-state index in [1.807, 2.05) is 19.1 Å². The number of hydrogen-bond acceptors (Lipinski definition) is 5. The number of methoxy groups -OCH3 is 1. The van der Waals surface area contributed by atoms with Crippen LogP contribution < -0.4 is 16.0 Å². The molecule has 0 aliphatic carbocycles. The van der Waals surface area contributed by atoms with Gasteiger partial charge in [0.15, 0.2) is 0 Å². The van der Waals surface area contributed by atoms with Crippen LogP contribution in [0.1, 0.15) is 22.8 Å². The van der Waals surface area contributed by atoms with E-state index in [-0.39, 0.29) is 18.6 Å². The van der Waals surface area contributed by atoms with Crippen LogP contribution in [0.4, 0.5) is 11.4 Å². The fraction of sp³-hybridized carbons (Fsp3) is 0.278. The Kier molecular flexibility index (Phi) is 6.88. The summed E-state index contributed by atoms with van der Waals surface area (Å²) in [5, 5.41) is 7.70. The van der Waals surface area contributed by atoms with Crippen LogP contribution in [0.2, 0.25) is 0 Å². The number of hydrogen-bond donors (Lipinski definition) is 3. The van der Waals surface area contributed by atoms with E-state index in [4.69, 9.17) is 4.74 Å². The Hall–Kier alpha value is -2.71. The average molecular weight is 375 g/mol. The van der Waals surface area contributed by atoms with Gasteiger partial charge in [-0.3, -0.25) is 14.4 Å². The molecule has 1 atom stereocenters. The van der Waals surface area contributed by atoms with Crippen molar-refractivity contribution in [2.75, 3.05) is 24.3 Å². The molecule has 1 aromatic heterocycles. The summed E-state index contributed by atoms with van der Waals surface area (Å²) < 4.78 is 5.37. The van der Waals surface area contributed by atoms with Crippen molar-refractivity contribution in [1.82, 2.24) is 5.32 Å². The second kappa shape index (κ2) is 9.12. The summed E-state index contributed by atoms with van der Waals surface area (Å²) in [6.45, 7) is 3.60. The van der Waals surface area contributed by atoms with Crippen molar-refractivity contribution in [1.29, 1.82) is 0 Å². The van der Waals surface area contributed by atoms with Crippen LogP contribution in [0.25, 0.3) is 0 Å². The fourth-order valence-electron chi connectivity index (χ4n) is 2.22. The topological polar surface area (TPSA) is 96.5 Å². The van der Waals surface area contributed by atoms with Gasteiger partial charge in [0.25, 0.3) is 0 Å². The first kappa shape index (κ1) is 19.6. The lowest BCUT2D eigenvalue weighted by molar-refractivity contribution is -0.136. The first-order chi connectivity index (χ1) is 12.4. The van der Waals surface area contributed by atoms with Crippen LogP contribution in [0.15, 0.2) is 36.4 Å². The minimum absolute atomic E-state index is 0.185. The SMILES string of the molecule is COC(CNC(=O)C(=O)Nc1ccc(NC(C)=O)cc1)c1ccc(C)s1. The molecular weight excluding hydrogens is 354 g/mol. The van der Waals surface area contributed by atoms with Gasteiger partial charge in [-0.25, -0.2) is 0 Å². The van der Waals surface area contributed by atoms with Crippen molar-refractivity contribution in [3.63, 3.8) is 0 Å². The van der Waals surface area contributed by atoms with Crippen LogP contribution >= 0.6 is 11.3 Å². The van der Waals surface area contributed by atoms with E-state index < -0.39 is 11.8 Å².